The smallest absolute Gasteiger partial charge is 0.411 e. The van der Waals surface area contributed by atoms with E-state index in [0.717, 1.165) is 4.90 Å². The number of piperidine rings is 1. The summed E-state index contributed by atoms with van der Waals surface area (Å²) in [6.07, 6.45) is 0.229. The molecule has 2 aliphatic heterocycles. The van der Waals surface area contributed by atoms with Crippen LogP contribution in [0.3, 0.4) is 0 Å². The number of rotatable bonds is 1. The molecular formula is C21H32N2O8. The minimum Gasteiger partial charge on any atom is -0.499 e. The first kappa shape index (κ1) is 26.1. The van der Waals surface area contributed by atoms with Crippen LogP contribution >= 0.6 is 0 Å². The topological polar surface area (TPSA) is 120 Å². The van der Waals surface area contributed by atoms with Gasteiger partial charge in [-0.2, -0.15) is 0 Å². The van der Waals surface area contributed by atoms with E-state index in [1.54, 1.807) is 41.5 Å². The zero-order valence-electron chi connectivity index (χ0n) is 19.3. The summed E-state index contributed by atoms with van der Waals surface area (Å²) in [5.74, 6) is -0.162. The monoisotopic (exact) mass is 440 g/mol. The third-order valence-corrected chi connectivity index (χ3v) is 3.71. The van der Waals surface area contributed by atoms with E-state index in [0.29, 0.717) is 5.76 Å². The summed E-state index contributed by atoms with van der Waals surface area (Å²) in [6.45, 7) is 10.8. The molecule has 2 heterocycles. The molecule has 2 rings (SSSR count). The SMILES string of the molecule is CC(C)(C)OC(=O)N1CC(=O)CC(=O)C1.COC1=CC(=O)CN(C(=O)OC(C)(C)C)C1. The summed E-state index contributed by atoms with van der Waals surface area (Å²) in [7, 11) is 1.47. The van der Waals surface area contributed by atoms with Gasteiger partial charge in [0.2, 0.25) is 0 Å². The number of ketones is 3. The number of likely N-dealkylation sites (tertiary alicyclic amines) is 1. The van der Waals surface area contributed by atoms with Crippen molar-refractivity contribution in [3.05, 3.63) is 11.8 Å². The molecule has 0 N–H and O–H groups in total. The van der Waals surface area contributed by atoms with E-state index in [4.69, 9.17) is 14.2 Å². The fraction of sp³-hybridized carbons (Fsp3) is 0.667. The van der Waals surface area contributed by atoms with Crippen molar-refractivity contribution in [1.82, 2.24) is 9.80 Å². The van der Waals surface area contributed by atoms with Gasteiger partial charge in [-0.05, 0) is 41.5 Å². The third kappa shape index (κ3) is 10.1. The van der Waals surface area contributed by atoms with Crippen molar-refractivity contribution in [1.29, 1.82) is 0 Å². The molecule has 0 radical (unpaired) electrons. The average Bonchev–Trinajstić information content (AvgIpc) is 2.58. The van der Waals surface area contributed by atoms with E-state index < -0.39 is 23.4 Å². The van der Waals surface area contributed by atoms with Crippen molar-refractivity contribution in [2.75, 3.05) is 33.3 Å². The molecule has 174 valence electrons. The number of carbonyl (C=O) groups is 5. The first-order valence-corrected chi connectivity index (χ1v) is 9.86. The highest BCUT2D eigenvalue weighted by atomic mass is 16.6. The van der Waals surface area contributed by atoms with Crippen molar-refractivity contribution < 1.29 is 38.2 Å². The lowest BCUT2D eigenvalue weighted by Crippen LogP contribution is -2.46. The molecule has 1 saturated heterocycles. The van der Waals surface area contributed by atoms with Crippen molar-refractivity contribution in [3.8, 4) is 0 Å². The number of carbonyl (C=O) groups excluding carboxylic acids is 5. The fourth-order valence-corrected chi connectivity index (χ4v) is 2.55. The molecule has 2 amide bonds. The Morgan fingerprint density at radius 3 is 1.58 bits per heavy atom. The maximum atomic E-state index is 11.7. The van der Waals surface area contributed by atoms with E-state index in [9.17, 15) is 24.0 Å². The van der Waals surface area contributed by atoms with Crippen molar-refractivity contribution >= 4 is 29.5 Å². The molecule has 1 fully saturated rings. The molecule has 10 heteroatoms. The van der Waals surface area contributed by atoms with Crippen LogP contribution in [-0.4, -0.2) is 83.8 Å². The second kappa shape index (κ2) is 10.4. The quantitative estimate of drug-likeness (QED) is 0.569. The first-order valence-electron chi connectivity index (χ1n) is 9.86. The van der Waals surface area contributed by atoms with Crippen LogP contribution in [0.1, 0.15) is 48.0 Å². The standard InChI is InChI=1S/C11H17NO4.C10H15NO4/c1-11(2,3)16-10(14)12-6-8(13)5-9(7-12)15-4;1-10(2,3)15-9(14)11-5-7(12)4-8(13)6-11/h5H,6-7H2,1-4H3;4-6H2,1-3H3. The summed E-state index contributed by atoms with van der Waals surface area (Å²) in [6, 6.07) is 0. The number of amides is 2. The van der Waals surface area contributed by atoms with Crippen LogP contribution in [0.15, 0.2) is 11.8 Å². The highest BCUT2D eigenvalue weighted by molar-refractivity contribution is 6.05. The van der Waals surface area contributed by atoms with Gasteiger partial charge in [0.05, 0.1) is 39.7 Å². The molecule has 0 atom stereocenters. The highest BCUT2D eigenvalue weighted by Crippen LogP contribution is 2.14. The van der Waals surface area contributed by atoms with Gasteiger partial charge in [-0.15, -0.1) is 0 Å². The maximum Gasteiger partial charge on any atom is 0.411 e. The third-order valence-electron chi connectivity index (χ3n) is 3.71. The van der Waals surface area contributed by atoms with E-state index in [-0.39, 0.29) is 49.9 Å². The molecule has 0 saturated carbocycles. The molecule has 2 aliphatic rings. The molecule has 0 spiro atoms. The summed E-state index contributed by atoms with van der Waals surface area (Å²) >= 11 is 0. The lowest BCUT2D eigenvalue weighted by Gasteiger charge is -2.28. The lowest BCUT2D eigenvalue weighted by atomic mass is 10.1. The Bertz CT molecular complexity index is 742. The van der Waals surface area contributed by atoms with Gasteiger partial charge >= 0.3 is 12.2 Å². The Balaban J connectivity index is 0.000000311. The molecule has 0 aliphatic carbocycles. The predicted octanol–water partition coefficient (Wildman–Crippen LogP) is 2.10. The van der Waals surface area contributed by atoms with Crippen LogP contribution in [-0.2, 0) is 28.6 Å². The first-order chi connectivity index (χ1) is 14.1. The van der Waals surface area contributed by atoms with Gasteiger partial charge in [-0.3, -0.25) is 24.2 Å². The van der Waals surface area contributed by atoms with Crippen molar-refractivity contribution in [3.63, 3.8) is 0 Å². The number of ether oxygens (including phenoxy) is 3. The molecule has 31 heavy (non-hydrogen) atoms. The van der Waals surface area contributed by atoms with Gasteiger partial charge in [0, 0.05) is 6.08 Å². The van der Waals surface area contributed by atoms with Crippen LogP contribution in [0.4, 0.5) is 9.59 Å². The highest BCUT2D eigenvalue weighted by Gasteiger charge is 2.30. The molecular weight excluding hydrogens is 408 g/mol. The molecule has 0 unspecified atom stereocenters. The Hall–Kier alpha value is -2.91. The van der Waals surface area contributed by atoms with Gasteiger partial charge in [0.25, 0.3) is 0 Å². The minimum atomic E-state index is -0.610. The maximum absolute atomic E-state index is 11.7. The van der Waals surface area contributed by atoms with Crippen molar-refractivity contribution in [2.24, 2.45) is 0 Å². The van der Waals surface area contributed by atoms with Gasteiger partial charge in [0.15, 0.2) is 17.3 Å². The van der Waals surface area contributed by atoms with E-state index in [2.05, 4.69) is 0 Å². The Morgan fingerprint density at radius 1 is 0.774 bits per heavy atom. The van der Waals surface area contributed by atoms with E-state index >= 15 is 0 Å². The second-order valence-electron chi connectivity index (χ2n) is 9.21. The number of hydrogen-bond donors (Lipinski definition) is 0. The van der Waals surface area contributed by atoms with E-state index in [1.165, 1.54) is 18.1 Å². The number of hydrogen-bond acceptors (Lipinski definition) is 8. The van der Waals surface area contributed by atoms with Crippen LogP contribution in [0.25, 0.3) is 0 Å². The number of nitrogens with zero attached hydrogens (tertiary/aromatic N) is 2. The van der Waals surface area contributed by atoms with Crippen LogP contribution < -0.4 is 0 Å². The lowest BCUT2D eigenvalue weighted by molar-refractivity contribution is -0.132. The zero-order chi connectivity index (χ0) is 24.0. The van der Waals surface area contributed by atoms with Crippen molar-refractivity contribution in [2.45, 2.75) is 59.2 Å². The number of Topliss-reactive ketones (excluding diaryl/α,β-unsaturated/α-hetero) is 2. The Morgan fingerprint density at radius 2 is 1.19 bits per heavy atom. The van der Waals surface area contributed by atoms with Gasteiger partial charge in [-0.1, -0.05) is 0 Å². The van der Waals surface area contributed by atoms with Crippen LogP contribution in [0.5, 0.6) is 0 Å². The second-order valence-corrected chi connectivity index (χ2v) is 9.21. The summed E-state index contributed by atoms with van der Waals surface area (Å²) in [5.41, 5.74) is -1.17. The molecule has 10 nitrogen and oxygen atoms in total. The molecule has 0 aromatic rings. The molecule has 0 bridgehead atoms. The van der Waals surface area contributed by atoms with E-state index in [1.807, 2.05) is 0 Å². The predicted molar refractivity (Wildman–Crippen MR) is 110 cm³/mol. The number of methoxy groups -OCH3 is 1. The van der Waals surface area contributed by atoms with Crippen LogP contribution in [0.2, 0.25) is 0 Å². The van der Waals surface area contributed by atoms with Gasteiger partial charge in [0.1, 0.15) is 17.0 Å². The van der Waals surface area contributed by atoms with Gasteiger partial charge < -0.3 is 14.2 Å². The summed E-state index contributed by atoms with van der Waals surface area (Å²) in [4.78, 5) is 59.1. The van der Waals surface area contributed by atoms with Crippen LogP contribution in [0, 0.1) is 0 Å². The Labute approximate surface area is 182 Å². The summed E-state index contributed by atoms with van der Waals surface area (Å²) in [5, 5.41) is 0. The minimum absolute atomic E-state index is 0.0271. The molecule has 0 aromatic heterocycles. The molecule has 0 aromatic carbocycles. The van der Waals surface area contributed by atoms with Gasteiger partial charge in [-0.25, -0.2) is 9.59 Å². The summed E-state index contributed by atoms with van der Waals surface area (Å²) < 4.78 is 15.2. The zero-order valence-corrected chi connectivity index (χ0v) is 19.3. The Kier molecular flexibility index (Phi) is 8.77. The fourth-order valence-electron chi connectivity index (χ4n) is 2.55. The largest absolute Gasteiger partial charge is 0.499 e. The average molecular weight is 440 g/mol. The normalized spacial score (nSPS) is 17.4.